The second kappa shape index (κ2) is 8.39. The largest absolute Gasteiger partial charge is 0.369 e. The second-order valence-electron chi connectivity index (χ2n) is 4.90. The van der Waals surface area contributed by atoms with Crippen molar-refractivity contribution in [2.24, 2.45) is 0 Å². The zero-order valence-electron chi connectivity index (χ0n) is 13.7. The summed E-state index contributed by atoms with van der Waals surface area (Å²) in [7, 11) is -3.05. The van der Waals surface area contributed by atoms with Gasteiger partial charge in [0, 0.05) is 6.61 Å². The number of nitrogens with two attached hydrogens (primary N) is 1. The molecule has 0 radical (unpaired) electrons. The summed E-state index contributed by atoms with van der Waals surface area (Å²) in [5.41, 5.74) is 5.68. The fraction of sp³-hybridized carbons (Fsp3) is 0.615. The molecule has 0 atom stereocenters. The Morgan fingerprint density at radius 3 is 2.71 bits per heavy atom. The molecule has 2 heterocycles. The average Bonchev–Trinajstić information content (AvgIpc) is 2.91. The van der Waals surface area contributed by atoms with Crippen LogP contribution in [0.2, 0.25) is 0 Å². The summed E-state index contributed by atoms with van der Waals surface area (Å²) in [6.07, 6.45) is 2.25. The standard InChI is InChI=1S/C13H22N5O5P/c1-3-22-24(20,23-4-2)7-5-6-21-9-18-8-15-10-11(18)16-13(14)17-12(10)19/h8H,3-7,9H2,1-2H3,(H3,14,16,17,19). The molecule has 2 aromatic rings. The summed E-state index contributed by atoms with van der Waals surface area (Å²) in [5.74, 6) is 0.0172. The maximum Gasteiger partial charge on any atom is 0.330 e. The highest BCUT2D eigenvalue weighted by Gasteiger charge is 2.22. The number of H-pyrrole nitrogens is 1. The number of aromatic nitrogens is 4. The lowest BCUT2D eigenvalue weighted by Gasteiger charge is -2.16. The van der Waals surface area contributed by atoms with Crippen LogP contribution in [0.3, 0.4) is 0 Å². The van der Waals surface area contributed by atoms with Crippen LogP contribution in [-0.4, -0.2) is 45.5 Å². The van der Waals surface area contributed by atoms with Crippen molar-refractivity contribution in [1.29, 1.82) is 0 Å². The van der Waals surface area contributed by atoms with E-state index in [0.717, 1.165) is 0 Å². The number of fused-ring (bicyclic) bond motifs is 1. The monoisotopic (exact) mass is 359 g/mol. The third kappa shape index (κ3) is 4.64. The minimum absolute atomic E-state index is 0.0172. The van der Waals surface area contributed by atoms with Crippen LogP contribution in [0.5, 0.6) is 0 Å². The second-order valence-corrected chi connectivity index (χ2v) is 7.08. The van der Waals surface area contributed by atoms with E-state index in [2.05, 4.69) is 15.0 Å². The van der Waals surface area contributed by atoms with E-state index in [1.165, 1.54) is 6.33 Å². The summed E-state index contributed by atoms with van der Waals surface area (Å²) in [5, 5.41) is 0. The van der Waals surface area contributed by atoms with Crippen LogP contribution < -0.4 is 11.3 Å². The summed E-state index contributed by atoms with van der Waals surface area (Å²) >= 11 is 0. The molecule has 2 rings (SSSR count). The molecule has 0 aliphatic heterocycles. The highest BCUT2D eigenvalue weighted by Crippen LogP contribution is 2.48. The minimum Gasteiger partial charge on any atom is -0.369 e. The van der Waals surface area contributed by atoms with Crippen molar-refractivity contribution in [3.63, 3.8) is 0 Å². The van der Waals surface area contributed by atoms with E-state index >= 15 is 0 Å². The molecular formula is C13H22N5O5P. The van der Waals surface area contributed by atoms with E-state index in [0.29, 0.717) is 31.9 Å². The Bertz CT molecular complexity index is 764. The molecule has 0 bridgehead atoms. The molecule has 24 heavy (non-hydrogen) atoms. The molecule has 2 aromatic heterocycles. The number of hydrogen-bond donors (Lipinski definition) is 2. The van der Waals surface area contributed by atoms with Gasteiger partial charge in [0.05, 0.1) is 25.7 Å². The molecule has 11 heteroatoms. The van der Waals surface area contributed by atoms with E-state index in [4.69, 9.17) is 19.5 Å². The highest BCUT2D eigenvalue weighted by atomic mass is 31.2. The van der Waals surface area contributed by atoms with Crippen LogP contribution in [0.15, 0.2) is 11.1 Å². The van der Waals surface area contributed by atoms with Crippen molar-refractivity contribution in [2.45, 2.75) is 27.0 Å². The number of ether oxygens (including phenoxy) is 1. The number of hydrogen-bond acceptors (Lipinski definition) is 8. The first-order chi connectivity index (χ1) is 11.5. The normalized spacial score (nSPS) is 12.1. The fourth-order valence-electron chi connectivity index (χ4n) is 2.15. The number of nitrogens with zero attached hydrogens (tertiary/aromatic N) is 3. The molecule has 0 fully saturated rings. The van der Waals surface area contributed by atoms with Crippen molar-refractivity contribution in [3.05, 3.63) is 16.7 Å². The number of nitrogen functional groups attached to an aromatic ring is 1. The molecular weight excluding hydrogens is 337 g/mol. The molecule has 0 saturated carbocycles. The Morgan fingerprint density at radius 2 is 2.04 bits per heavy atom. The van der Waals surface area contributed by atoms with Crippen LogP contribution in [-0.2, 0) is 25.1 Å². The Hall–Kier alpha value is -1.74. The van der Waals surface area contributed by atoms with Crippen molar-refractivity contribution >= 4 is 24.7 Å². The molecule has 10 nitrogen and oxygen atoms in total. The molecule has 0 unspecified atom stereocenters. The lowest BCUT2D eigenvalue weighted by molar-refractivity contribution is 0.0788. The predicted molar refractivity (Wildman–Crippen MR) is 88.9 cm³/mol. The fourth-order valence-corrected chi connectivity index (χ4v) is 3.78. The van der Waals surface area contributed by atoms with Gasteiger partial charge in [-0.05, 0) is 20.3 Å². The highest BCUT2D eigenvalue weighted by molar-refractivity contribution is 7.53. The third-order valence-corrected chi connectivity index (χ3v) is 5.26. The number of nitrogens with one attached hydrogen (secondary N) is 1. The Balaban J connectivity index is 1.87. The van der Waals surface area contributed by atoms with Crippen molar-refractivity contribution < 1.29 is 18.3 Å². The Morgan fingerprint density at radius 1 is 1.33 bits per heavy atom. The summed E-state index contributed by atoms with van der Waals surface area (Å²) < 4.78 is 29.8. The van der Waals surface area contributed by atoms with Gasteiger partial charge in [-0.3, -0.25) is 18.9 Å². The van der Waals surface area contributed by atoms with Gasteiger partial charge in [-0.2, -0.15) is 4.98 Å². The minimum atomic E-state index is -3.05. The first-order valence-corrected chi connectivity index (χ1v) is 9.38. The van der Waals surface area contributed by atoms with Crippen LogP contribution >= 0.6 is 7.60 Å². The lowest BCUT2D eigenvalue weighted by Crippen LogP contribution is -2.13. The van der Waals surface area contributed by atoms with Gasteiger partial charge in [0.15, 0.2) is 11.2 Å². The zero-order valence-corrected chi connectivity index (χ0v) is 14.6. The smallest absolute Gasteiger partial charge is 0.330 e. The molecule has 134 valence electrons. The maximum absolute atomic E-state index is 12.3. The number of imidazole rings is 1. The summed E-state index contributed by atoms with van der Waals surface area (Å²) in [6.45, 7) is 4.71. The van der Waals surface area contributed by atoms with Gasteiger partial charge in [0.1, 0.15) is 6.73 Å². The van der Waals surface area contributed by atoms with Crippen LogP contribution in [0.25, 0.3) is 11.2 Å². The molecule has 0 aliphatic rings. The molecule has 0 amide bonds. The van der Waals surface area contributed by atoms with Gasteiger partial charge in [0.25, 0.3) is 5.56 Å². The van der Waals surface area contributed by atoms with E-state index < -0.39 is 13.2 Å². The number of rotatable bonds is 10. The van der Waals surface area contributed by atoms with Crippen LogP contribution in [0, 0.1) is 0 Å². The first-order valence-electron chi connectivity index (χ1n) is 7.65. The van der Waals surface area contributed by atoms with E-state index in [-0.39, 0.29) is 24.4 Å². The van der Waals surface area contributed by atoms with Crippen LogP contribution in [0.4, 0.5) is 5.95 Å². The third-order valence-electron chi connectivity index (χ3n) is 3.10. The van der Waals surface area contributed by atoms with E-state index in [9.17, 15) is 9.36 Å². The SMILES string of the molecule is CCOP(=O)(CCCOCn1cnc2c(=O)[nH]c(N)nc21)OCC. The van der Waals surface area contributed by atoms with Crippen LogP contribution in [0.1, 0.15) is 20.3 Å². The first kappa shape index (κ1) is 18.6. The van der Waals surface area contributed by atoms with Crippen molar-refractivity contribution in [1.82, 2.24) is 19.5 Å². The summed E-state index contributed by atoms with van der Waals surface area (Å²) in [4.78, 5) is 22.1. The van der Waals surface area contributed by atoms with Gasteiger partial charge < -0.3 is 19.5 Å². The molecule has 3 N–H and O–H groups in total. The van der Waals surface area contributed by atoms with Gasteiger partial charge >= 0.3 is 7.60 Å². The Labute approximate surface area is 138 Å². The lowest BCUT2D eigenvalue weighted by atomic mass is 10.5. The molecule has 0 saturated heterocycles. The number of aromatic amines is 1. The Kier molecular flexibility index (Phi) is 6.50. The van der Waals surface area contributed by atoms with Gasteiger partial charge in [-0.25, -0.2) is 4.98 Å². The van der Waals surface area contributed by atoms with Gasteiger partial charge in [0.2, 0.25) is 5.95 Å². The van der Waals surface area contributed by atoms with Gasteiger partial charge in [-0.15, -0.1) is 0 Å². The quantitative estimate of drug-likeness (QED) is 0.479. The van der Waals surface area contributed by atoms with Crippen molar-refractivity contribution in [2.75, 3.05) is 31.7 Å². The topological polar surface area (TPSA) is 134 Å². The number of anilines is 1. The molecule has 0 aliphatic carbocycles. The van der Waals surface area contributed by atoms with Gasteiger partial charge in [-0.1, -0.05) is 0 Å². The molecule has 0 aromatic carbocycles. The molecule has 0 spiro atoms. The zero-order chi connectivity index (χ0) is 17.6. The van der Waals surface area contributed by atoms with E-state index in [1.807, 2.05) is 0 Å². The van der Waals surface area contributed by atoms with Crippen molar-refractivity contribution in [3.8, 4) is 0 Å². The van der Waals surface area contributed by atoms with E-state index in [1.54, 1.807) is 18.4 Å². The maximum atomic E-state index is 12.3. The predicted octanol–water partition coefficient (Wildman–Crippen LogP) is 1.33. The average molecular weight is 359 g/mol. The summed E-state index contributed by atoms with van der Waals surface area (Å²) in [6, 6.07) is 0.